The highest BCUT2D eigenvalue weighted by Gasteiger charge is 2.07. The van der Waals surface area contributed by atoms with Crippen molar-refractivity contribution in [1.82, 2.24) is 4.90 Å². The molecule has 0 radical (unpaired) electrons. The quantitative estimate of drug-likeness (QED) is 0.353. The van der Waals surface area contributed by atoms with Gasteiger partial charge in [0.05, 0.1) is 0 Å². The zero-order chi connectivity index (χ0) is 14.4. The van der Waals surface area contributed by atoms with Crippen molar-refractivity contribution in [2.75, 3.05) is 39.1 Å². The highest BCUT2D eigenvalue weighted by Crippen LogP contribution is 2.20. The van der Waals surface area contributed by atoms with Crippen molar-refractivity contribution in [2.24, 2.45) is 10.9 Å². The minimum absolute atomic E-state index is 0.143. The smallest absolute Gasteiger partial charge is 0.170 e. The first-order valence-electron chi connectivity index (χ1n) is 6.40. The molecule has 1 aromatic carbocycles. The normalized spacial score (nSPS) is 11.9. The van der Waals surface area contributed by atoms with E-state index in [1.54, 1.807) is 0 Å². The second-order valence-electron chi connectivity index (χ2n) is 5.06. The van der Waals surface area contributed by atoms with Crippen molar-refractivity contribution in [1.29, 1.82) is 0 Å². The highest BCUT2D eigenvalue weighted by atomic mass is 16.4. The van der Waals surface area contributed by atoms with Gasteiger partial charge in [-0.25, -0.2) is 0 Å². The molecule has 0 fully saturated rings. The third-order valence-corrected chi connectivity index (χ3v) is 3.11. The lowest BCUT2D eigenvalue weighted by atomic mass is 10.1. The molecule has 106 valence electrons. The van der Waals surface area contributed by atoms with Gasteiger partial charge in [0.25, 0.3) is 0 Å². The van der Waals surface area contributed by atoms with E-state index in [0.717, 1.165) is 30.6 Å². The van der Waals surface area contributed by atoms with Crippen LogP contribution >= 0.6 is 0 Å². The number of nitrogens with zero attached hydrogens (tertiary/aromatic N) is 3. The molecule has 0 aromatic heterocycles. The molecule has 3 N–H and O–H groups in total. The molecule has 0 aliphatic rings. The SMILES string of the molecule is Cc1cc(/C(N)=N/O)ccc1N(C)CCCN(C)C. The number of hydrogen-bond donors (Lipinski definition) is 2. The van der Waals surface area contributed by atoms with Gasteiger partial charge < -0.3 is 20.7 Å². The number of anilines is 1. The van der Waals surface area contributed by atoms with Crippen molar-refractivity contribution in [3.05, 3.63) is 29.3 Å². The molecular formula is C14H24N4O. The second-order valence-corrected chi connectivity index (χ2v) is 5.06. The number of oxime groups is 1. The monoisotopic (exact) mass is 264 g/mol. The molecule has 0 heterocycles. The maximum absolute atomic E-state index is 8.67. The standard InChI is InChI=1S/C14H24N4O/c1-11-10-12(14(15)16-19)6-7-13(11)18(4)9-5-8-17(2)3/h6-7,10,19H,5,8-9H2,1-4H3,(H2,15,16). The van der Waals surface area contributed by atoms with Gasteiger partial charge in [0, 0.05) is 24.8 Å². The molecule has 0 aliphatic heterocycles. The number of aryl methyl sites for hydroxylation is 1. The van der Waals surface area contributed by atoms with Gasteiger partial charge in [0.15, 0.2) is 5.84 Å². The molecule has 0 atom stereocenters. The van der Waals surface area contributed by atoms with Gasteiger partial charge in [-0.1, -0.05) is 5.16 Å². The fourth-order valence-corrected chi connectivity index (χ4v) is 2.05. The number of amidine groups is 1. The molecule has 0 amide bonds. The van der Waals surface area contributed by atoms with Crippen molar-refractivity contribution in [3.63, 3.8) is 0 Å². The molecule has 0 unspecified atom stereocenters. The van der Waals surface area contributed by atoms with E-state index >= 15 is 0 Å². The summed E-state index contributed by atoms with van der Waals surface area (Å²) in [6.45, 7) is 4.11. The zero-order valence-corrected chi connectivity index (χ0v) is 12.2. The van der Waals surface area contributed by atoms with Crippen molar-refractivity contribution in [3.8, 4) is 0 Å². The van der Waals surface area contributed by atoms with E-state index in [-0.39, 0.29) is 5.84 Å². The van der Waals surface area contributed by atoms with Crippen LogP contribution in [0, 0.1) is 6.92 Å². The Morgan fingerprint density at radius 3 is 2.47 bits per heavy atom. The topological polar surface area (TPSA) is 65.1 Å². The van der Waals surface area contributed by atoms with Gasteiger partial charge >= 0.3 is 0 Å². The summed E-state index contributed by atoms with van der Waals surface area (Å²) in [4.78, 5) is 4.41. The van der Waals surface area contributed by atoms with E-state index < -0.39 is 0 Å². The maximum atomic E-state index is 8.67. The summed E-state index contributed by atoms with van der Waals surface area (Å²) in [7, 11) is 6.25. The number of benzene rings is 1. The molecule has 0 saturated carbocycles. The first kappa shape index (κ1) is 15.3. The van der Waals surface area contributed by atoms with Gasteiger partial charge in [-0.3, -0.25) is 0 Å². The average molecular weight is 264 g/mol. The van der Waals surface area contributed by atoms with E-state index in [2.05, 4.69) is 36.1 Å². The first-order chi connectivity index (χ1) is 8.95. The molecule has 1 rings (SSSR count). The van der Waals surface area contributed by atoms with Gasteiger partial charge in [-0.2, -0.15) is 0 Å². The summed E-state index contributed by atoms with van der Waals surface area (Å²) < 4.78 is 0. The second kappa shape index (κ2) is 6.99. The zero-order valence-electron chi connectivity index (χ0n) is 12.2. The molecule has 0 saturated heterocycles. The summed E-state index contributed by atoms with van der Waals surface area (Å²) >= 11 is 0. The van der Waals surface area contributed by atoms with Gasteiger partial charge in [0.1, 0.15) is 0 Å². The number of nitrogens with two attached hydrogens (primary N) is 1. The lowest BCUT2D eigenvalue weighted by molar-refractivity contribution is 0.318. The summed E-state index contributed by atoms with van der Waals surface area (Å²) in [6.07, 6.45) is 1.12. The van der Waals surface area contributed by atoms with Crippen molar-refractivity contribution >= 4 is 11.5 Å². The van der Waals surface area contributed by atoms with Crippen LogP contribution in [0.4, 0.5) is 5.69 Å². The average Bonchev–Trinajstić information content (AvgIpc) is 2.36. The van der Waals surface area contributed by atoms with Gasteiger partial charge in [-0.05, 0) is 57.7 Å². The van der Waals surface area contributed by atoms with Crippen LogP contribution in [-0.2, 0) is 0 Å². The van der Waals surface area contributed by atoms with Crippen LogP contribution in [-0.4, -0.2) is 50.2 Å². The predicted octanol–water partition coefficient (Wildman–Crippen LogP) is 1.48. The molecule has 0 aliphatic carbocycles. The lowest BCUT2D eigenvalue weighted by Crippen LogP contribution is -2.24. The fraction of sp³-hybridized carbons (Fsp3) is 0.500. The van der Waals surface area contributed by atoms with Crippen LogP contribution in [0.5, 0.6) is 0 Å². The van der Waals surface area contributed by atoms with E-state index in [1.807, 2.05) is 25.1 Å². The van der Waals surface area contributed by atoms with Crippen LogP contribution in [0.15, 0.2) is 23.4 Å². The van der Waals surface area contributed by atoms with Gasteiger partial charge in [0.2, 0.25) is 0 Å². The Morgan fingerprint density at radius 2 is 1.95 bits per heavy atom. The number of hydrogen-bond acceptors (Lipinski definition) is 4. The molecule has 5 nitrogen and oxygen atoms in total. The third kappa shape index (κ3) is 4.44. The molecule has 1 aromatic rings. The van der Waals surface area contributed by atoms with Crippen LogP contribution in [0.2, 0.25) is 0 Å². The predicted molar refractivity (Wildman–Crippen MR) is 80.1 cm³/mol. The fourth-order valence-electron chi connectivity index (χ4n) is 2.05. The van der Waals surface area contributed by atoms with Crippen molar-refractivity contribution < 1.29 is 5.21 Å². The third-order valence-electron chi connectivity index (χ3n) is 3.11. The Balaban J connectivity index is 2.73. The Morgan fingerprint density at radius 1 is 1.26 bits per heavy atom. The van der Waals surface area contributed by atoms with Crippen molar-refractivity contribution in [2.45, 2.75) is 13.3 Å². The van der Waals surface area contributed by atoms with Crippen LogP contribution < -0.4 is 10.6 Å². The Hall–Kier alpha value is -1.75. The lowest BCUT2D eigenvalue weighted by Gasteiger charge is -2.22. The Labute approximate surface area is 115 Å². The van der Waals surface area contributed by atoms with Crippen LogP contribution in [0.1, 0.15) is 17.5 Å². The largest absolute Gasteiger partial charge is 0.409 e. The minimum atomic E-state index is 0.143. The van der Waals surface area contributed by atoms with E-state index in [0.29, 0.717) is 0 Å². The minimum Gasteiger partial charge on any atom is -0.409 e. The molecular weight excluding hydrogens is 240 g/mol. The van der Waals surface area contributed by atoms with E-state index in [1.165, 1.54) is 5.69 Å². The summed E-state index contributed by atoms with van der Waals surface area (Å²) in [5, 5.41) is 11.7. The first-order valence-corrected chi connectivity index (χ1v) is 6.40. The Kier molecular flexibility index (Phi) is 5.63. The van der Waals surface area contributed by atoms with Crippen LogP contribution in [0.3, 0.4) is 0 Å². The number of rotatable bonds is 6. The van der Waals surface area contributed by atoms with Crippen LogP contribution in [0.25, 0.3) is 0 Å². The molecule has 5 heteroatoms. The molecule has 19 heavy (non-hydrogen) atoms. The van der Waals surface area contributed by atoms with E-state index in [9.17, 15) is 0 Å². The highest BCUT2D eigenvalue weighted by molar-refractivity contribution is 5.97. The summed E-state index contributed by atoms with van der Waals surface area (Å²) in [6, 6.07) is 5.82. The Bertz CT molecular complexity index is 443. The summed E-state index contributed by atoms with van der Waals surface area (Å²) in [5.41, 5.74) is 8.62. The van der Waals surface area contributed by atoms with E-state index in [4.69, 9.17) is 10.9 Å². The summed E-state index contributed by atoms with van der Waals surface area (Å²) in [5.74, 6) is 0.143. The molecule has 0 spiro atoms. The maximum Gasteiger partial charge on any atom is 0.170 e. The molecule has 0 bridgehead atoms. The van der Waals surface area contributed by atoms with Gasteiger partial charge in [-0.15, -0.1) is 0 Å².